The van der Waals surface area contributed by atoms with Crippen molar-refractivity contribution in [3.05, 3.63) is 22.2 Å². The number of carboxylic acids is 1. The minimum absolute atomic E-state index is 0.0231. The van der Waals surface area contributed by atoms with Gasteiger partial charge in [-0.1, -0.05) is 0 Å². The van der Waals surface area contributed by atoms with Gasteiger partial charge in [-0.25, -0.2) is 4.98 Å². The van der Waals surface area contributed by atoms with Crippen LogP contribution in [-0.4, -0.2) is 21.0 Å². The third kappa shape index (κ3) is 2.08. The molecule has 0 bridgehead atoms. The molecule has 64 valence electrons. The molecule has 4 N–H and O–H groups in total. The second-order valence-electron chi connectivity index (χ2n) is 2.19. The first-order chi connectivity index (χ1) is 5.58. The standard InChI is InChI=1S/C6H7N3O3/c7-3-1-5(10)9-4(8-3)2-6(11)12/h1H,2H2,(H,11,12)(H3,7,8,9,10). The molecule has 0 aliphatic rings. The van der Waals surface area contributed by atoms with E-state index in [0.29, 0.717) is 0 Å². The molecule has 0 aliphatic heterocycles. The SMILES string of the molecule is Nc1cc(=O)[nH]c(CC(=O)O)n1. The predicted octanol–water partition coefficient (Wildman–Crippen LogP) is -1.02. The van der Waals surface area contributed by atoms with E-state index in [1.54, 1.807) is 0 Å². The Morgan fingerprint density at radius 3 is 2.92 bits per heavy atom. The molecule has 0 unspecified atom stereocenters. The highest BCUT2D eigenvalue weighted by Crippen LogP contribution is 1.92. The third-order valence-electron chi connectivity index (χ3n) is 1.13. The molecular weight excluding hydrogens is 162 g/mol. The van der Waals surface area contributed by atoms with E-state index in [1.807, 2.05) is 0 Å². The van der Waals surface area contributed by atoms with Crippen molar-refractivity contribution >= 4 is 11.8 Å². The van der Waals surface area contributed by atoms with Gasteiger partial charge in [0.05, 0.1) is 0 Å². The lowest BCUT2D eigenvalue weighted by molar-refractivity contribution is -0.136. The molecule has 1 aromatic rings. The number of nitrogen functional groups attached to an aromatic ring is 1. The summed E-state index contributed by atoms with van der Waals surface area (Å²) in [7, 11) is 0. The van der Waals surface area contributed by atoms with Crippen LogP contribution in [0.2, 0.25) is 0 Å². The lowest BCUT2D eigenvalue weighted by atomic mass is 10.4. The summed E-state index contributed by atoms with van der Waals surface area (Å²) in [6.07, 6.45) is -0.333. The van der Waals surface area contributed by atoms with Crippen LogP contribution in [0, 0.1) is 0 Å². The summed E-state index contributed by atoms with van der Waals surface area (Å²) in [6.45, 7) is 0. The zero-order chi connectivity index (χ0) is 9.14. The smallest absolute Gasteiger partial charge is 0.311 e. The number of anilines is 1. The molecule has 1 heterocycles. The number of aromatic amines is 1. The van der Waals surface area contributed by atoms with Crippen LogP contribution < -0.4 is 11.3 Å². The number of aliphatic carboxylic acids is 1. The minimum atomic E-state index is -1.07. The molecule has 0 saturated heterocycles. The highest BCUT2D eigenvalue weighted by atomic mass is 16.4. The van der Waals surface area contributed by atoms with E-state index in [2.05, 4.69) is 9.97 Å². The van der Waals surface area contributed by atoms with Gasteiger partial charge in [0.15, 0.2) is 0 Å². The normalized spacial score (nSPS) is 9.67. The van der Waals surface area contributed by atoms with E-state index in [9.17, 15) is 9.59 Å². The maximum Gasteiger partial charge on any atom is 0.311 e. The Morgan fingerprint density at radius 1 is 1.75 bits per heavy atom. The largest absolute Gasteiger partial charge is 0.481 e. The van der Waals surface area contributed by atoms with Crippen LogP contribution in [0.5, 0.6) is 0 Å². The van der Waals surface area contributed by atoms with Crippen molar-refractivity contribution < 1.29 is 9.90 Å². The summed E-state index contributed by atoms with van der Waals surface area (Å²) >= 11 is 0. The van der Waals surface area contributed by atoms with Gasteiger partial charge in [0.1, 0.15) is 18.1 Å². The van der Waals surface area contributed by atoms with Crippen molar-refractivity contribution in [2.45, 2.75) is 6.42 Å². The van der Waals surface area contributed by atoms with Crippen molar-refractivity contribution in [2.75, 3.05) is 5.73 Å². The number of aromatic nitrogens is 2. The molecule has 0 saturated carbocycles. The number of carboxylic acid groups (broad SMARTS) is 1. The van der Waals surface area contributed by atoms with Crippen molar-refractivity contribution in [1.82, 2.24) is 9.97 Å². The van der Waals surface area contributed by atoms with Gasteiger partial charge < -0.3 is 15.8 Å². The highest BCUT2D eigenvalue weighted by Gasteiger charge is 2.03. The number of nitrogens with one attached hydrogen (secondary N) is 1. The summed E-state index contributed by atoms with van der Waals surface area (Å²) in [4.78, 5) is 26.8. The van der Waals surface area contributed by atoms with Crippen LogP contribution in [0.25, 0.3) is 0 Å². The molecule has 0 aromatic carbocycles. The average Bonchev–Trinajstić information content (AvgIpc) is 1.81. The van der Waals surface area contributed by atoms with E-state index < -0.39 is 11.5 Å². The predicted molar refractivity (Wildman–Crippen MR) is 40.6 cm³/mol. The Bertz CT molecular complexity index is 357. The molecule has 6 heteroatoms. The van der Waals surface area contributed by atoms with E-state index in [4.69, 9.17) is 10.8 Å². The van der Waals surface area contributed by atoms with Crippen molar-refractivity contribution in [3.8, 4) is 0 Å². The van der Waals surface area contributed by atoms with Gasteiger partial charge in [0, 0.05) is 6.07 Å². The van der Waals surface area contributed by atoms with E-state index in [-0.39, 0.29) is 18.1 Å². The fraction of sp³-hybridized carbons (Fsp3) is 0.167. The maximum absolute atomic E-state index is 10.7. The Labute approximate surface area is 67.1 Å². The second-order valence-corrected chi connectivity index (χ2v) is 2.19. The molecule has 1 rings (SSSR count). The zero-order valence-electron chi connectivity index (χ0n) is 6.07. The van der Waals surface area contributed by atoms with Crippen LogP contribution in [0.4, 0.5) is 5.82 Å². The summed E-state index contributed by atoms with van der Waals surface area (Å²) in [5, 5.41) is 8.35. The summed E-state index contributed by atoms with van der Waals surface area (Å²) in [6, 6.07) is 1.09. The number of hydrogen-bond donors (Lipinski definition) is 3. The molecule has 0 radical (unpaired) electrons. The zero-order valence-corrected chi connectivity index (χ0v) is 6.07. The lowest BCUT2D eigenvalue weighted by Crippen LogP contribution is -2.15. The minimum Gasteiger partial charge on any atom is -0.481 e. The van der Waals surface area contributed by atoms with Gasteiger partial charge in [0.25, 0.3) is 5.56 Å². The Balaban J connectivity index is 3.01. The van der Waals surface area contributed by atoms with Gasteiger partial charge in [-0.2, -0.15) is 0 Å². The average molecular weight is 169 g/mol. The molecule has 12 heavy (non-hydrogen) atoms. The number of nitrogens with zero attached hydrogens (tertiary/aromatic N) is 1. The molecule has 0 spiro atoms. The first-order valence-electron chi connectivity index (χ1n) is 3.15. The van der Waals surface area contributed by atoms with Crippen LogP contribution in [-0.2, 0) is 11.2 Å². The number of H-pyrrole nitrogens is 1. The van der Waals surface area contributed by atoms with Gasteiger partial charge in [-0.05, 0) is 0 Å². The van der Waals surface area contributed by atoms with E-state index >= 15 is 0 Å². The van der Waals surface area contributed by atoms with Gasteiger partial charge in [0.2, 0.25) is 0 Å². The Morgan fingerprint density at radius 2 is 2.42 bits per heavy atom. The summed E-state index contributed by atoms with van der Waals surface area (Å²) in [5.41, 5.74) is 4.77. The summed E-state index contributed by atoms with van der Waals surface area (Å²) in [5.74, 6) is -0.980. The molecule has 0 fully saturated rings. The fourth-order valence-electron chi connectivity index (χ4n) is 0.756. The lowest BCUT2D eigenvalue weighted by Gasteiger charge is -1.96. The molecule has 0 atom stereocenters. The molecule has 0 amide bonds. The number of hydrogen-bond acceptors (Lipinski definition) is 4. The number of nitrogens with two attached hydrogens (primary N) is 1. The fourth-order valence-corrected chi connectivity index (χ4v) is 0.756. The van der Waals surface area contributed by atoms with Gasteiger partial charge >= 0.3 is 5.97 Å². The van der Waals surface area contributed by atoms with Crippen LogP contribution >= 0.6 is 0 Å². The van der Waals surface area contributed by atoms with E-state index in [0.717, 1.165) is 6.07 Å². The maximum atomic E-state index is 10.7. The first-order valence-corrected chi connectivity index (χ1v) is 3.15. The highest BCUT2D eigenvalue weighted by molar-refractivity contribution is 5.69. The third-order valence-corrected chi connectivity index (χ3v) is 1.13. The Kier molecular flexibility index (Phi) is 2.09. The first kappa shape index (κ1) is 8.25. The topological polar surface area (TPSA) is 109 Å². The molecule has 0 aliphatic carbocycles. The second kappa shape index (κ2) is 3.04. The van der Waals surface area contributed by atoms with E-state index in [1.165, 1.54) is 0 Å². The number of carbonyl (C=O) groups is 1. The molecule has 6 nitrogen and oxygen atoms in total. The monoisotopic (exact) mass is 169 g/mol. The molecular formula is C6H7N3O3. The van der Waals surface area contributed by atoms with Crippen molar-refractivity contribution in [3.63, 3.8) is 0 Å². The van der Waals surface area contributed by atoms with Crippen molar-refractivity contribution in [1.29, 1.82) is 0 Å². The summed E-state index contributed by atoms with van der Waals surface area (Å²) < 4.78 is 0. The quantitative estimate of drug-likeness (QED) is 0.525. The Hall–Kier alpha value is -1.85. The van der Waals surface area contributed by atoms with Gasteiger partial charge in [-0.3, -0.25) is 9.59 Å². The number of rotatable bonds is 2. The van der Waals surface area contributed by atoms with Crippen LogP contribution in [0.1, 0.15) is 5.82 Å². The van der Waals surface area contributed by atoms with Crippen LogP contribution in [0.15, 0.2) is 10.9 Å². The van der Waals surface area contributed by atoms with Crippen LogP contribution in [0.3, 0.4) is 0 Å². The van der Waals surface area contributed by atoms with Gasteiger partial charge in [-0.15, -0.1) is 0 Å². The van der Waals surface area contributed by atoms with Crippen molar-refractivity contribution in [2.24, 2.45) is 0 Å². The molecule has 1 aromatic heterocycles.